The normalized spacial score (nSPS) is 14.0. The van der Waals surface area contributed by atoms with Crippen LogP contribution < -0.4 is 25.8 Å². The molecule has 160 valence electrons. The van der Waals surface area contributed by atoms with Gasteiger partial charge in [0.15, 0.2) is 5.11 Å². The summed E-state index contributed by atoms with van der Waals surface area (Å²) < 4.78 is 5.56. The number of piperidine rings is 1. The Hall–Kier alpha value is -2.64. The number of nitrogens with one attached hydrogen (secondary N) is 4. The molecule has 2 aromatic carbocycles. The van der Waals surface area contributed by atoms with Crippen LogP contribution in [-0.2, 0) is 17.8 Å². The molecule has 30 heavy (non-hydrogen) atoms. The summed E-state index contributed by atoms with van der Waals surface area (Å²) in [6, 6.07) is 15.8. The summed E-state index contributed by atoms with van der Waals surface area (Å²) in [5, 5.41) is 3.37. The molecular weight excluding hydrogens is 396 g/mol. The maximum absolute atomic E-state index is 12.2. The lowest BCUT2D eigenvalue weighted by Crippen LogP contribution is -3.11. The number of ether oxygens (including phenoxy) is 1. The van der Waals surface area contributed by atoms with E-state index >= 15 is 0 Å². The van der Waals surface area contributed by atoms with Crippen molar-refractivity contribution in [1.82, 2.24) is 10.9 Å². The third-order valence-corrected chi connectivity index (χ3v) is 5.54. The molecule has 2 aromatic rings. The first-order valence-corrected chi connectivity index (χ1v) is 10.9. The summed E-state index contributed by atoms with van der Waals surface area (Å²) in [7, 11) is 1.72. The summed E-state index contributed by atoms with van der Waals surface area (Å²) in [6.07, 6.45) is 4.98. The first kappa shape index (κ1) is 22.1. The van der Waals surface area contributed by atoms with Crippen LogP contribution in [0.25, 0.3) is 0 Å². The molecule has 1 aliphatic rings. The molecule has 1 aliphatic heterocycles. The van der Waals surface area contributed by atoms with Crippen molar-refractivity contribution >= 4 is 28.9 Å². The Bertz CT molecular complexity index is 838. The van der Waals surface area contributed by atoms with E-state index in [1.807, 2.05) is 42.5 Å². The minimum atomic E-state index is -0.105. The number of methoxy groups -OCH3 is 1. The van der Waals surface area contributed by atoms with E-state index in [1.54, 1.807) is 12.0 Å². The molecule has 4 N–H and O–H groups in total. The first-order chi connectivity index (χ1) is 14.6. The van der Waals surface area contributed by atoms with Crippen LogP contribution in [0.5, 0.6) is 5.75 Å². The largest absolute Gasteiger partial charge is 0.496 e. The number of hydrogen-bond acceptors (Lipinski definition) is 3. The van der Waals surface area contributed by atoms with Gasteiger partial charge in [-0.1, -0.05) is 24.3 Å². The van der Waals surface area contributed by atoms with Gasteiger partial charge in [0.25, 0.3) is 0 Å². The Kier molecular flexibility index (Phi) is 8.47. The van der Waals surface area contributed by atoms with E-state index in [9.17, 15) is 4.79 Å². The zero-order chi connectivity index (χ0) is 21.2. The maximum atomic E-state index is 12.2. The molecule has 0 unspecified atom stereocenters. The number of thiocarbonyl (C=S) groups is 1. The average molecular weight is 428 g/mol. The van der Waals surface area contributed by atoms with Crippen molar-refractivity contribution in [2.45, 2.75) is 38.6 Å². The van der Waals surface area contributed by atoms with Gasteiger partial charge in [-0.3, -0.25) is 15.6 Å². The molecule has 0 bridgehead atoms. The summed E-state index contributed by atoms with van der Waals surface area (Å²) in [5.41, 5.74) is 8.63. The SMILES string of the molecule is COc1ccc(CCC(=O)NNC(=S)Nc2ccccc2)cc1C[NH+]1CCCCC1. The molecular formula is C23H31N4O2S+. The van der Waals surface area contributed by atoms with Gasteiger partial charge in [0.1, 0.15) is 12.3 Å². The van der Waals surface area contributed by atoms with Gasteiger partial charge in [-0.2, -0.15) is 0 Å². The minimum Gasteiger partial charge on any atom is -0.496 e. The van der Waals surface area contributed by atoms with E-state index < -0.39 is 0 Å². The van der Waals surface area contributed by atoms with Gasteiger partial charge in [0.05, 0.1) is 20.2 Å². The quantitative estimate of drug-likeness (QED) is 0.403. The maximum Gasteiger partial charge on any atom is 0.238 e. The fourth-order valence-corrected chi connectivity index (χ4v) is 3.92. The Labute approximate surface area is 184 Å². The van der Waals surface area contributed by atoms with Crippen LogP contribution in [0.15, 0.2) is 48.5 Å². The molecule has 7 heteroatoms. The number of likely N-dealkylation sites (tertiary alicyclic amines) is 1. The van der Waals surface area contributed by atoms with Crippen LogP contribution in [0.2, 0.25) is 0 Å². The average Bonchev–Trinajstić information content (AvgIpc) is 2.78. The summed E-state index contributed by atoms with van der Waals surface area (Å²) in [4.78, 5) is 13.8. The highest BCUT2D eigenvalue weighted by molar-refractivity contribution is 7.80. The Balaban J connectivity index is 1.46. The second-order valence-corrected chi connectivity index (χ2v) is 8.04. The van der Waals surface area contributed by atoms with Crippen molar-refractivity contribution in [1.29, 1.82) is 0 Å². The monoisotopic (exact) mass is 427 g/mol. The van der Waals surface area contributed by atoms with Crippen LogP contribution in [-0.4, -0.2) is 31.2 Å². The second-order valence-electron chi connectivity index (χ2n) is 7.63. The predicted molar refractivity (Wildman–Crippen MR) is 124 cm³/mol. The Morgan fingerprint density at radius 3 is 2.57 bits per heavy atom. The lowest BCUT2D eigenvalue weighted by molar-refractivity contribution is -0.918. The molecule has 1 fully saturated rings. The molecule has 0 spiro atoms. The van der Waals surface area contributed by atoms with Gasteiger partial charge in [0.2, 0.25) is 5.91 Å². The van der Waals surface area contributed by atoms with Crippen LogP contribution in [0.1, 0.15) is 36.8 Å². The third-order valence-electron chi connectivity index (χ3n) is 5.33. The van der Waals surface area contributed by atoms with Gasteiger partial charge in [-0.05, 0) is 67.7 Å². The number of benzene rings is 2. The number of hydrogen-bond donors (Lipinski definition) is 4. The Morgan fingerprint density at radius 1 is 1.07 bits per heavy atom. The lowest BCUT2D eigenvalue weighted by Gasteiger charge is -2.24. The second kappa shape index (κ2) is 11.5. The molecule has 3 rings (SSSR count). The van der Waals surface area contributed by atoms with Gasteiger partial charge < -0.3 is 15.0 Å². The van der Waals surface area contributed by atoms with Gasteiger partial charge in [-0.25, -0.2) is 0 Å². The number of aryl methyl sites for hydroxylation is 1. The lowest BCUT2D eigenvalue weighted by atomic mass is 10.0. The van der Waals surface area contributed by atoms with E-state index in [4.69, 9.17) is 17.0 Å². The molecule has 0 saturated carbocycles. The third kappa shape index (κ3) is 7.00. The molecule has 0 aliphatic carbocycles. The van der Waals surface area contributed by atoms with Gasteiger partial charge in [0, 0.05) is 17.7 Å². The number of carbonyl (C=O) groups excluding carboxylic acids is 1. The van der Waals surface area contributed by atoms with Crippen molar-refractivity contribution < 1.29 is 14.4 Å². The van der Waals surface area contributed by atoms with Crippen LogP contribution in [0.4, 0.5) is 5.69 Å². The highest BCUT2D eigenvalue weighted by atomic mass is 32.1. The zero-order valence-electron chi connectivity index (χ0n) is 17.5. The van der Waals surface area contributed by atoms with E-state index in [2.05, 4.69) is 22.2 Å². The van der Waals surface area contributed by atoms with E-state index in [1.165, 1.54) is 37.9 Å². The van der Waals surface area contributed by atoms with Gasteiger partial charge >= 0.3 is 0 Å². The number of para-hydroxylation sites is 1. The fraction of sp³-hybridized carbons (Fsp3) is 0.391. The van der Waals surface area contributed by atoms with E-state index in [0.717, 1.165) is 23.5 Å². The topological polar surface area (TPSA) is 66.8 Å². The number of carbonyl (C=O) groups is 1. The van der Waals surface area contributed by atoms with Crippen LogP contribution in [0.3, 0.4) is 0 Å². The summed E-state index contributed by atoms with van der Waals surface area (Å²) in [5.74, 6) is 0.825. The van der Waals surface area contributed by atoms with Crippen molar-refractivity contribution in [3.05, 3.63) is 59.7 Å². The van der Waals surface area contributed by atoms with Crippen LogP contribution >= 0.6 is 12.2 Å². The number of quaternary nitrogens is 1. The van der Waals surface area contributed by atoms with Crippen molar-refractivity contribution in [2.24, 2.45) is 0 Å². The highest BCUT2D eigenvalue weighted by Gasteiger charge is 2.17. The van der Waals surface area contributed by atoms with Gasteiger partial charge in [-0.15, -0.1) is 0 Å². The Morgan fingerprint density at radius 2 is 1.83 bits per heavy atom. The van der Waals surface area contributed by atoms with Crippen LogP contribution in [0, 0.1) is 0 Å². The molecule has 0 aromatic heterocycles. The van der Waals surface area contributed by atoms with Crippen molar-refractivity contribution in [3.63, 3.8) is 0 Å². The number of rotatable bonds is 7. The number of hydrazine groups is 1. The number of anilines is 1. The predicted octanol–water partition coefficient (Wildman–Crippen LogP) is 2.21. The van der Waals surface area contributed by atoms with Crippen molar-refractivity contribution in [2.75, 3.05) is 25.5 Å². The smallest absolute Gasteiger partial charge is 0.238 e. The van der Waals surface area contributed by atoms with Crippen molar-refractivity contribution in [3.8, 4) is 5.75 Å². The fourth-order valence-electron chi connectivity index (χ4n) is 3.75. The molecule has 0 radical (unpaired) electrons. The number of amides is 1. The molecule has 0 atom stereocenters. The highest BCUT2D eigenvalue weighted by Crippen LogP contribution is 2.20. The molecule has 1 heterocycles. The van der Waals surface area contributed by atoms with E-state index in [-0.39, 0.29) is 5.91 Å². The molecule has 6 nitrogen and oxygen atoms in total. The summed E-state index contributed by atoms with van der Waals surface area (Å²) in [6.45, 7) is 3.42. The summed E-state index contributed by atoms with van der Waals surface area (Å²) >= 11 is 5.20. The molecule has 1 saturated heterocycles. The minimum absolute atomic E-state index is 0.105. The standard InChI is InChI=1S/C23H30N4O2S/c1-29-21-12-10-18(16-19(21)17-27-14-6-3-7-15-27)11-13-22(28)25-26-23(30)24-20-8-4-2-5-9-20/h2,4-5,8-10,12,16H,3,6-7,11,13-15,17H2,1H3,(H,25,28)(H2,24,26,30)/p+1. The molecule has 1 amide bonds. The van der Waals surface area contributed by atoms with E-state index in [0.29, 0.717) is 18.0 Å². The first-order valence-electron chi connectivity index (χ1n) is 10.5. The zero-order valence-corrected chi connectivity index (χ0v) is 18.3.